The van der Waals surface area contributed by atoms with Gasteiger partial charge in [-0.05, 0) is 43.7 Å². The summed E-state index contributed by atoms with van der Waals surface area (Å²) in [6.45, 7) is 4.44. The van der Waals surface area contributed by atoms with E-state index in [0.29, 0.717) is 0 Å². The lowest BCUT2D eigenvalue weighted by molar-refractivity contribution is 0.414. The van der Waals surface area contributed by atoms with Crippen molar-refractivity contribution in [3.8, 4) is 5.75 Å². The average Bonchev–Trinajstić information content (AvgIpc) is 2.74. The number of methoxy groups -OCH3 is 1. The van der Waals surface area contributed by atoms with E-state index >= 15 is 0 Å². The predicted octanol–water partition coefficient (Wildman–Crippen LogP) is 2.46. The molecule has 0 saturated carbocycles. The summed E-state index contributed by atoms with van der Waals surface area (Å²) in [4.78, 5) is 1.38. The van der Waals surface area contributed by atoms with E-state index in [9.17, 15) is 0 Å². The van der Waals surface area contributed by atoms with Gasteiger partial charge in [-0.1, -0.05) is 0 Å². The molecule has 0 amide bonds. The molecule has 0 radical (unpaired) electrons. The van der Waals surface area contributed by atoms with Crippen LogP contribution in [0.25, 0.3) is 0 Å². The molecule has 82 valence electrons. The summed E-state index contributed by atoms with van der Waals surface area (Å²) in [5, 5.41) is 4.12. The minimum atomic E-state index is 0.733. The van der Waals surface area contributed by atoms with Crippen molar-refractivity contribution in [2.45, 2.75) is 23.5 Å². The molecular formula is C12H17NOS. The second kappa shape index (κ2) is 4.90. The summed E-state index contributed by atoms with van der Waals surface area (Å²) in [6, 6.07) is 6.31. The van der Waals surface area contributed by atoms with E-state index in [1.54, 1.807) is 7.11 Å². The number of aryl methyl sites for hydroxylation is 1. The van der Waals surface area contributed by atoms with Gasteiger partial charge in [0.1, 0.15) is 5.75 Å². The lowest BCUT2D eigenvalue weighted by atomic mass is 10.2. The molecule has 0 aromatic heterocycles. The second-order valence-corrected chi connectivity index (χ2v) is 5.21. The average molecular weight is 223 g/mol. The number of hydrogen-bond donors (Lipinski definition) is 1. The van der Waals surface area contributed by atoms with Crippen LogP contribution in [0.3, 0.4) is 0 Å². The van der Waals surface area contributed by atoms with Crippen molar-refractivity contribution in [3.63, 3.8) is 0 Å². The number of thioether (sulfide) groups is 1. The summed E-state index contributed by atoms with van der Waals surface area (Å²) in [7, 11) is 1.71. The van der Waals surface area contributed by atoms with Gasteiger partial charge in [-0.15, -0.1) is 11.8 Å². The third-order valence-corrected chi connectivity index (χ3v) is 4.14. The van der Waals surface area contributed by atoms with Gasteiger partial charge in [-0.25, -0.2) is 0 Å². The Morgan fingerprint density at radius 3 is 2.93 bits per heavy atom. The van der Waals surface area contributed by atoms with Crippen LogP contribution in [-0.4, -0.2) is 25.4 Å². The predicted molar refractivity (Wildman–Crippen MR) is 64.9 cm³/mol. The fourth-order valence-corrected chi connectivity index (χ4v) is 2.98. The van der Waals surface area contributed by atoms with Crippen molar-refractivity contribution in [2.24, 2.45) is 0 Å². The first kappa shape index (κ1) is 10.8. The summed E-state index contributed by atoms with van der Waals surface area (Å²) >= 11 is 1.98. The quantitative estimate of drug-likeness (QED) is 0.850. The van der Waals surface area contributed by atoms with Crippen molar-refractivity contribution in [1.29, 1.82) is 0 Å². The van der Waals surface area contributed by atoms with Crippen molar-refractivity contribution < 1.29 is 4.74 Å². The first-order valence-electron chi connectivity index (χ1n) is 5.31. The number of rotatable bonds is 3. The van der Waals surface area contributed by atoms with Gasteiger partial charge in [0.15, 0.2) is 0 Å². The molecule has 1 atom stereocenters. The first-order valence-corrected chi connectivity index (χ1v) is 6.19. The van der Waals surface area contributed by atoms with Gasteiger partial charge in [0.25, 0.3) is 0 Å². The molecule has 1 aliphatic rings. The molecule has 2 nitrogen and oxygen atoms in total. The molecule has 1 aromatic rings. The topological polar surface area (TPSA) is 21.3 Å². The highest BCUT2D eigenvalue weighted by Gasteiger charge is 2.16. The molecule has 15 heavy (non-hydrogen) atoms. The summed E-state index contributed by atoms with van der Waals surface area (Å²) in [6.07, 6.45) is 1.27. The smallest absolute Gasteiger partial charge is 0.119 e. The van der Waals surface area contributed by atoms with Gasteiger partial charge < -0.3 is 10.1 Å². The molecule has 3 heteroatoms. The molecule has 2 rings (SSSR count). The van der Waals surface area contributed by atoms with Crippen LogP contribution in [0.4, 0.5) is 0 Å². The van der Waals surface area contributed by atoms with Gasteiger partial charge in [0, 0.05) is 16.7 Å². The molecule has 1 aromatic carbocycles. The third kappa shape index (κ3) is 2.67. The molecule has 1 heterocycles. The normalized spacial score (nSPS) is 20.5. The SMILES string of the molecule is COc1ccc(SC2CCNC2)c(C)c1. The molecule has 0 bridgehead atoms. The van der Waals surface area contributed by atoms with Crippen LogP contribution >= 0.6 is 11.8 Å². The van der Waals surface area contributed by atoms with Crippen LogP contribution in [0.5, 0.6) is 5.75 Å². The standard InChI is InChI=1S/C12H17NOS/c1-9-7-10(14-2)3-4-12(9)15-11-5-6-13-8-11/h3-4,7,11,13H,5-6,8H2,1-2H3. The molecule has 1 fully saturated rings. The van der Waals surface area contributed by atoms with Crippen LogP contribution < -0.4 is 10.1 Å². The Balaban J connectivity index is 2.07. The van der Waals surface area contributed by atoms with Crippen LogP contribution in [0, 0.1) is 6.92 Å². The van der Waals surface area contributed by atoms with E-state index in [1.165, 1.54) is 16.9 Å². The van der Waals surface area contributed by atoms with E-state index in [2.05, 4.69) is 24.4 Å². The number of ether oxygens (including phenoxy) is 1. The Kier molecular flexibility index (Phi) is 3.54. The Morgan fingerprint density at radius 1 is 1.47 bits per heavy atom. The van der Waals surface area contributed by atoms with Crippen LogP contribution in [0.15, 0.2) is 23.1 Å². The fourth-order valence-electron chi connectivity index (χ4n) is 1.79. The largest absolute Gasteiger partial charge is 0.497 e. The molecule has 1 N–H and O–H groups in total. The fraction of sp³-hybridized carbons (Fsp3) is 0.500. The van der Waals surface area contributed by atoms with Crippen molar-refractivity contribution in [3.05, 3.63) is 23.8 Å². The summed E-state index contributed by atoms with van der Waals surface area (Å²) in [5.74, 6) is 0.946. The van der Waals surface area contributed by atoms with Gasteiger partial charge in [0.05, 0.1) is 7.11 Å². The summed E-state index contributed by atoms with van der Waals surface area (Å²) in [5.41, 5.74) is 1.31. The second-order valence-electron chi connectivity index (χ2n) is 3.86. The minimum absolute atomic E-state index is 0.733. The van der Waals surface area contributed by atoms with E-state index in [1.807, 2.05) is 17.8 Å². The molecule has 0 spiro atoms. The number of benzene rings is 1. The van der Waals surface area contributed by atoms with Crippen molar-refractivity contribution >= 4 is 11.8 Å². The van der Waals surface area contributed by atoms with Gasteiger partial charge >= 0.3 is 0 Å². The number of hydrogen-bond acceptors (Lipinski definition) is 3. The highest BCUT2D eigenvalue weighted by atomic mass is 32.2. The highest BCUT2D eigenvalue weighted by molar-refractivity contribution is 8.00. The van der Waals surface area contributed by atoms with E-state index < -0.39 is 0 Å². The maximum absolute atomic E-state index is 5.20. The lowest BCUT2D eigenvalue weighted by Gasteiger charge is -2.11. The van der Waals surface area contributed by atoms with E-state index in [0.717, 1.165) is 24.1 Å². The van der Waals surface area contributed by atoms with Gasteiger partial charge in [0.2, 0.25) is 0 Å². The van der Waals surface area contributed by atoms with Crippen molar-refractivity contribution in [1.82, 2.24) is 5.32 Å². The Hall–Kier alpha value is -0.670. The molecule has 0 aliphatic carbocycles. The Bertz CT molecular complexity index is 334. The Labute approximate surface area is 95.4 Å². The molecule has 1 aliphatic heterocycles. The molecule has 1 unspecified atom stereocenters. The van der Waals surface area contributed by atoms with Crippen LogP contribution in [0.1, 0.15) is 12.0 Å². The molecule has 1 saturated heterocycles. The van der Waals surface area contributed by atoms with Gasteiger partial charge in [-0.3, -0.25) is 0 Å². The monoisotopic (exact) mass is 223 g/mol. The minimum Gasteiger partial charge on any atom is -0.497 e. The maximum atomic E-state index is 5.20. The zero-order chi connectivity index (χ0) is 10.7. The van der Waals surface area contributed by atoms with E-state index in [4.69, 9.17) is 4.74 Å². The third-order valence-electron chi connectivity index (χ3n) is 2.69. The first-order chi connectivity index (χ1) is 7.29. The lowest BCUT2D eigenvalue weighted by Crippen LogP contribution is -2.10. The number of nitrogens with one attached hydrogen (secondary N) is 1. The zero-order valence-electron chi connectivity index (χ0n) is 9.25. The van der Waals surface area contributed by atoms with Crippen molar-refractivity contribution in [2.75, 3.05) is 20.2 Å². The maximum Gasteiger partial charge on any atom is 0.119 e. The van der Waals surface area contributed by atoms with Crippen LogP contribution in [0.2, 0.25) is 0 Å². The van der Waals surface area contributed by atoms with E-state index in [-0.39, 0.29) is 0 Å². The van der Waals surface area contributed by atoms with Crippen LogP contribution in [-0.2, 0) is 0 Å². The Morgan fingerprint density at radius 2 is 2.33 bits per heavy atom. The van der Waals surface area contributed by atoms with Gasteiger partial charge in [-0.2, -0.15) is 0 Å². The summed E-state index contributed by atoms with van der Waals surface area (Å²) < 4.78 is 5.20. The highest BCUT2D eigenvalue weighted by Crippen LogP contribution is 2.31. The zero-order valence-corrected chi connectivity index (χ0v) is 10.1. The molecular weight excluding hydrogens is 206 g/mol.